The van der Waals surface area contributed by atoms with E-state index in [2.05, 4.69) is 0 Å². The molecule has 1 saturated carbocycles. The zero-order chi connectivity index (χ0) is 20.4. The normalized spacial score (nSPS) is 27.6. The van der Waals surface area contributed by atoms with Gasteiger partial charge >= 0.3 is 0 Å². The molecular weight excluding hydrogens is 360 g/mol. The van der Waals surface area contributed by atoms with Crippen molar-refractivity contribution in [3.8, 4) is 0 Å². The van der Waals surface area contributed by atoms with Crippen molar-refractivity contribution in [2.24, 2.45) is 23.3 Å². The minimum Gasteiger partial charge on any atom is -0.369 e. The minimum absolute atomic E-state index is 0.0239. The topological polar surface area (TPSA) is 127 Å². The molecule has 8 nitrogen and oxygen atoms in total. The molecule has 4 atom stereocenters. The maximum atomic E-state index is 13.0. The van der Waals surface area contributed by atoms with Crippen LogP contribution in [0.3, 0.4) is 0 Å². The van der Waals surface area contributed by atoms with Gasteiger partial charge in [0, 0.05) is 12.5 Å². The third-order valence-electron chi connectivity index (χ3n) is 6.56. The van der Waals surface area contributed by atoms with Gasteiger partial charge in [0.1, 0.15) is 6.04 Å². The monoisotopic (exact) mass is 391 g/mol. The number of amides is 3. The molecule has 0 aromatic rings. The molecule has 28 heavy (non-hydrogen) atoms. The Bertz CT molecular complexity index is 646. The van der Waals surface area contributed by atoms with Crippen LogP contribution in [0.25, 0.3) is 0 Å². The number of fused-ring (bicyclic) bond motifs is 1. The summed E-state index contributed by atoms with van der Waals surface area (Å²) in [4.78, 5) is 52.4. The van der Waals surface area contributed by atoms with E-state index < -0.39 is 23.9 Å². The molecule has 0 aromatic carbocycles. The molecule has 155 valence electrons. The van der Waals surface area contributed by atoms with Crippen LogP contribution < -0.4 is 11.5 Å². The molecule has 8 heteroatoms. The molecule has 2 saturated heterocycles. The van der Waals surface area contributed by atoms with Crippen LogP contribution >= 0.6 is 0 Å². The highest BCUT2D eigenvalue weighted by molar-refractivity contribution is 5.99. The lowest BCUT2D eigenvalue weighted by Crippen LogP contribution is -2.51. The number of hydrogen-bond acceptors (Lipinski definition) is 5. The Morgan fingerprint density at radius 1 is 1.14 bits per heavy atom. The zero-order valence-electron chi connectivity index (χ0n) is 16.5. The van der Waals surface area contributed by atoms with Crippen molar-refractivity contribution in [2.45, 2.75) is 70.0 Å². The number of rotatable bonds is 6. The summed E-state index contributed by atoms with van der Waals surface area (Å²) >= 11 is 0. The molecule has 0 aromatic heterocycles. The Labute approximate surface area is 166 Å². The second kappa shape index (κ2) is 8.59. The largest absolute Gasteiger partial charge is 0.369 e. The smallest absolute Gasteiger partial charge is 0.240 e. The Morgan fingerprint density at radius 3 is 2.46 bits per heavy atom. The van der Waals surface area contributed by atoms with Crippen molar-refractivity contribution in [1.29, 1.82) is 0 Å². The molecule has 1 radical (unpaired) electrons. The van der Waals surface area contributed by atoms with Gasteiger partial charge in [-0.25, -0.2) is 0 Å². The first-order valence-electron chi connectivity index (χ1n) is 10.3. The van der Waals surface area contributed by atoms with Crippen LogP contribution in [-0.4, -0.2) is 64.5 Å². The molecule has 0 bridgehead atoms. The van der Waals surface area contributed by atoms with Crippen LogP contribution in [0.4, 0.5) is 0 Å². The second-order valence-electron chi connectivity index (χ2n) is 8.43. The van der Waals surface area contributed by atoms with Crippen LogP contribution in [0.5, 0.6) is 0 Å². The van der Waals surface area contributed by atoms with Crippen LogP contribution in [0, 0.1) is 18.3 Å². The summed E-state index contributed by atoms with van der Waals surface area (Å²) in [5, 5.41) is 0. The average Bonchev–Trinajstić information content (AvgIpc) is 3.26. The first-order valence-corrected chi connectivity index (χ1v) is 10.3. The first-order chi connectivity index (χ1) is 13.3. The quantitative estimate of drug-likeness (QED) is 0.658. The molecule has 3 aliphatic rings. The Kier molecular flexibility index (Phi) is 6.37. The van der Waals surface area contributed by atoms with E-state index in [-0.39, 0.29) is 42.5 Å². The molecule has 2 heterocycles. The first kappa shape index (κ1) is 20.8. The number of hydrogen-bond donors (Lipinski definition) is 2. The van der Waals surface area contributed by atoms with Crippen molar-refractivity contribution < 1.29 is 19.2 Å². The molecule has 3 amide bonds. The molecule has 1 aliphatic carbocycles. The number of ketones is 1. The highest BCUT2D eigenvalue weighted by atomic mass is 16.2. The minimum atomic E-state index is -0.602. The van der Waals surface area contributed by atoms with Crippen LogP contribution in [0.2, 0.25) is 0 Å². The standard InChI is InChI=1S/C20H31N4O4/c1-12(19(22)27)7-8-16(26)23-10-9-14-18(23)15(25)11-24(14)20(28)17(21)13-5-3-2-4-6-13/h8,12-14,17-18H,2-7,9-11,21H2,1H3,(H2,22,27). The van der Waals surface area contributed by atoms with Crippen LogP contribution in [0.1, 0.15) is 51.9 Å². The van der Waals surface area contributed by atoms with Gasteiger partial charge in [-0.2, -0.15) is 0 Å². The van der Waals surface area contributed by atoms with Gasteiger partial charge in [0.05, 0.1) is 25.0 Å². The molecule has 4 unspecified atom stereocenters. The lowest BCUT2D eigenvalue weighted by Gasteiger charge is -2.31. The average molecular weight is 391 g/mol. The molecule has 4 N–H and O–H groups in total. The summed E-state index contributed by atoms with van der Waals surface area (Å²) in [7, 11) is 0. The predicted molar refractivity (Wildman–Crippen MR) is 102 cm³/mol. The van der Waals surface area contributed by atoms with Crippen molar-refractivity contribution in [1.82, 2.24) is 9.80 Å². The number of likely N-dealkylation sites (tertiary alicyclic amines) is 2. The Morgan fingerprint density at radius 2 is 1.82 bits per heavy atom. The van der Waals surface area contributed by atoms with E-state index in [0.29, 0.717) is 13.0 Å². The zero-order valence-corrected chi connectivity index (χ0v) is 16.5. The summed E-state index contributed by atoms with van der Waals surface area (Å²) < 4.78 is 0. The summed E-state index contributed by atoms with van der Waals surface area (Å²) in [6.45, 7) is 2.10. The fourth-order valence-electron chi connectivity index (χ4n) is 4.76. The van der Waals surface area contributed by atoms with Crippen LogP contribution in [-0.2, 0) is 19.2 Å². The van der Waals surface area contributed by atoms with Gasteiger partial charge in [-0.3, -0.25) is 19.2 Å². The lowest BCUT2D eigenvalue weighted by molar-refractivity contribution is -0.136. The van der Waals surface area contributed by atoms with E-state index in [9.17, 15) is 19.2 Å². The number of carbonyl (C=O) groups excluding carboxylic acids is 4. The van der Waals surface area contributed by atoms with Gasteiger partial charge in [0.25, 0.3) is 0 Å². The number of nitrogens with zero attached hydrogens (tertiary/aromatic N) is 2. The van der Waals surface area contributed by atoms with Gasteiger partial charge in [-0.05, 0) is 31.6 Å². The number of nitrogens with two attached hydrogens (primary N) is 2. The fourth-order valence-corrected chi connectivity index (χ4v) is 4.76. The van der Waals surface area contributed by atoms with Gasteiger partial charge in [-0.1, -0.05) is 26.2 Å². The van der Waals surface area contributed by atoms with Gasteiger partial charge < -0.3 is 21.3 Å². The number of carbonyl (C=O) groups is 4. The lowest BCUT2D eigenvalue weighted by atomic mass is 9.83. The van der Waals surface area contributed by atoms with E-state index in [1.807, 2.05) is 0 Å². The van der Waals surface area contributed by atoms with E-state index in [1.54, 1.807) is 11.8 Å². The molecule has 3 fully saturated rings. The number of primary amides is 1. The summed E-state index contributed by atoms with van der Waals surface area (Å²) in [6.07, 6.45) is 7.53. The fraction of sp³-hybridized carbons (Fsp3) is 0.750. The number of Topliss-reactive ketones (excluding diaryl/α,β-unsaturated/α-hetero) is 1. The maximum absolute atomic E-state index is 13.0. The summed E-state index contributed by atoms with van der Waals surface area (Å²) in [6, 6.07) is -1.46. The molecule has 2 aliphatic heterocycles. The molecular formula is C20H31N4O4. The van der Waals surface area contributed by atoms with Crippen molar-refractivity contribution in [2.75, 3.05) is 13.1 Å². The van der Waals surface area contributed by atoms with E-state index >= 15 is 0 Å². The second-order valence-corrected chi connectivity index (χ2v) is 8.43. The van der Waals surface area contributed by atoms with E-state index in [0.717, 1.165) is 25.7 Å². The Balaban J connectivity index is 1.62. The van der Waals surface area contributed by atoms with E-state index in [4.69, 9.17) is 11.5 Å². The summed E-state index contributed by atoms with van der Waals surface area (Å²) in [5.41, 5.74) is 11.5. The molecule has 0 spiro atoms. The van der Waals surface area contributed by atoms with Crippen molar-refractivity contribution >= 4 is 23.5 Å². The molecule has 3 rings (SSSR count). The van der Waals surface area contributed by atoms with Crippen molar-refractivity contribution in [3.05, 3.63) is 6.42 Å². The highest BCUT2D eigenvalue weighted by Crippen LogP contribution is 2.33. The van der Waals surface area contributed by atoms with Gasteiger partial charge in [0.15, 0.2) is 5.78 Å². The van der Waals surface area contributed by atoms with E-state index in [1.165, 1.54) is 17.7 Å². The predicted octanol–water partition coefficient (Wildman–Crippen LogP) is -0.00941. The summed E-state index contributed by atoms with van der Waals surface area (Å²) in [5.74, 6) is -1.27. The SMILES string of the molecule is CC(C[CH]C(=O)N1CCC2C1C(=O)CN2C(=O)C(N)C1CCCCC1)C(N)=O. The third kappa shape index (κ3) is 4.06. The highest BCUT2D eigenvalue weighted by Gasteiger charge is 2.52. The Hall–Kier alpha value is -1.96. The maximum Gasteiger partial charge on any atom is 0.240 e. The van der Waals surface area contributed by atoms with Gasteiger partial charge in [-0.15, -0.1) is 0 Å². The van der Waals surface area contributed by atoms with Crippen LogP contribution in [0.15, 0.2) is 0 Å². The van der Waals surface area contributed by atoms with Crippen molar-refractivity contribution in [3.63, 3.8) is 0 Å². The third-order valence-corrected chi connectivity index (χ3v) is 6.56. The van der Waals surface area contributed by atoms with Gasteiger partial charge in [0.2, 0.25) is 17.7 Å².